The van der Waals surface area contributed by atoms with Crippen molar-refractivity contribution in [1.82, 2.24) is 10.6 Å². The van der Waals surface area contributed by atoms with Crippen LogP contribution in [0, 0.1) is 0 Å². The quantitative estimate of drug-likeness (QED) is 0.834. The van der Waals surface area contributed by atoms with Crippen molar-refractivity contribution < 1.29 is 0 Å². The highest BCUT2D eigenvalue weighted by Crippen LogP contribution is 2.30. The summed E-state index contributed by atoms with van der Waals surface area (Å²) in [7, 11) is 0. The number of hydrogen-bond donors (Lipinski definition) is 2. The zero-order valence-corrected chi connectivity index (χ0v) is 10.9. The summed E-state index contributed by atoms with van der Waals surface area (Å²) in [5.74, 6) is 1.61. The fourth-order valence-corrected chi connectivity index (χ4v) is 2.95. The third-order valence-corrected chi connectivity index (χ3v) is 3.92. The Balaban J connectivity index is 1.64. The summed E-state index contributed by atoms with van der Waals surface area (Å²) in [6, 6.07) is 9.34. The molecule has 0 aromatic heterocycles. The van der Waals surface area contributed by atoms with Crippen molar-refractivity contribution in [2.75, 3.05) is 13.1 Å². The molecule has 1 aliphatic heterocycles. The SMILES string of the molecule is CC1CN=C(NCC2CCCc3ccccc32)N1. The van der Waals surface area contributed by atoms with Crippen LogP contribution in [0.3, 0.4) is 0 Å². The molecule has 3 heteroatoms. The molecule has 96 valence electrons. The minimum absolute atomic E-state index is 0.478. The van der Waals surface area contributed by atoms with Gasteiger partial charge in [0, 0.05) is 18.5 Å². The number of aliphatic imine (C=N–C) groups is 1. The van der Waals surface area contributed by atoms with Crippen molar-refractivity contribution >= 4 is 5.96 Å². The van der Waals surface area contributed by atoms with Gasteiger partial charge in [-0.3, -0.25) is 4.99 Å². The molecule has 0 amide bonds. The molecule has 18 heavy (non-hydrogen) atoms. The van der Waals surface area contributed by atoms with Crippen molar-refractivity contribution in [3.05, 3.63) is 35.4 Å². The molecule has 3 rings (SSSR count). The van der Waals surface area contributed by atoms with Gasteiger partial charge in [0.2, 0.25) is 0 Å². The molecule has 2 aliphatic rings. The minimum atomic E-state index is 0.478. The number of nitrogens with zero attached hydrogens (tertiary/aromatic N) is 1. The molecule has 0 saturated heterocycles. The normalized spacial score (nSPS) is 26.2. The fourth-order valence-electron chi connectivity index (χ4n) is 2.95. The van der Waals surface area contributed by atoms with Crippen molar-refractivity contribution in [3.8, 4) is 0 Å². The van der Waals surface area contributed by atoms with Crippen molar-refractivity contribution in [1.29, 1.82) is 0 Å². The molecule has 0 bridgehead atoms. The molecule has 2 N–H and O–H groups in total. The molecular weight excluding hydrogens is 222 g/mol. The van der Waals surface area contributed by atoms with E-state index in [-0.39, 0.29) is 0 Å². The van der Waals surface area contributed by atoms with Gasteiger partial charge in [0.15, 0.2) is 5.96 Å². The second-order valence-electron chi connectivity index (χ2n) is 5.40. The highest BCUT2D eigenvalue weighted by molar-refractivity contribution is 5.81. The van der Waals surface area contributed by atoms with E-state index in [4.69, 9.17) is 0 Å². The van der Waals surface area contributed by atoms with E-state index in [0.29, 0.717) is 12.0 Å². The molecule has 1 aliphatic carbocycles. The van der Waals surface area contributed by atoms with E-state index in [1.54, 1.807) is 0 Å². The van der Waals surface area contributed by atoms with Gasteiger partial charge < -0.3 is 10.6 Å². The molecule has 2 unspecified atom stereocenters. The lowest BCUT2D eigenvalue weighted by Crippen LogP contribution is -2.39. The monoisotopic (exact) mass is 243 g/mol. The van der Waals surface area contributed by atoms with Gasteiger partial charge in [0.05, 0.1) is 6.54 Å². The Morgan fingerprint density at radius 1 is 1.39 bits per heavy atom. The molecular formula is C15H21N3. The van der Waals surface area contributed by atoms with Crippen molar-refractivity contribution in [2.45, 2.75) is 38.1 Å². The highest BCUT2D eigenvalue weighted by atomic mass is 15.2. The molecule has 0 spiro atoms. The third kappa shape index (κ3) is 2.35. The lowest BCUT2D eigenvalue weighted by molar-refractivity contribution is 0.540. The van der Waals surface area contributed by atoms with E-state index < -0.39 is 0 Å². The maximum atomic E-state index is 4.45. The largest absolute Gasteiger partial charge is 0.356 e. The molecule has 2 atom stereocenters. The molecule has 3 nitrogen and oxygen atoms in total. The number of benzene rings is 1. The predicted octanol–water partition coefficient (Wildman–Crippen LogP) is 2.04. The van der Waals surface area contributed by atoms with Crippen LogP contribution in [0.1, 0.15) is 36.8 Å². The molecule has 1 aromatic carbocycles. The van der Waals surface area contributed by atoms with Crippen LogP contribution in [0.4, 0.5) is 0 Å². The fraction of sp³-hybridized carbons (Fsp3) is 0.533. The van der Waals surface area contributed by atoms with E-state index in [9.17, 15) is 0 Å². The Morgan fingerprint density at radius 3 is 3.11 bits per heavy atom. The number of rotatable bonds is 2. The van der Waals surface area contributed by atoms with Gasteiger partial charge in [-0.05, 0) is 37.3 Å². The maximum absolute atomic E-state index is 4.45. The summed E-state index contributed by atoms with van der Waals surface area (Å²) in [6.45, 7) is 4.05. The number of guanidine groups is 1. The molecule has 0 saturated carbocycles. The van der Waals surface area contributed by atoms with Crippen LogP contribution in [0.5, 0.6) is 0 Å². The Kier molecular flexibility index (Phi) is 3.22. The van der Waals surface area contributed by atoms with Crippen LogP contribution >= 0.6 is 0 Å². The first-order chi connectivity index (χ1) is 8.83. The average Bonchev–Trinajstić information content (AvgIpc) is 2.82. The second kappa shape index (κ2) is 5.01. The third-order valence-electron chi connectivity index (χ3n) is 3.92. The van der Waals surface area contributed by atoms with Gasteiger partial charge in [-0.25, -0.2) is 0 Å². The molecule has 1 heterocycles. The summed E-state index contributed by atoms with van der Waals surface area (Å²) in [5.41, 5.74) is 3.06. The van der Waals surface area contributed by atoms with Gasteiger partial charge in [-0.2, -0.15) is 0 Å². The van der Waals surface area contributed by atoms with E-state index in [1.807, 2.05) is 0 Å². The van der Waals surface area contributed by atoms with Crippen LogP contribution in [-0.2, 0) is 6.42 Å². The molecule has 0 fully saturated rings. The topological polar surface area (TPSA) is 36.4 Å². The molecule has 1 aromatic rings. The first kappa shape index (κ1) is 11.6. The first-order valence-corrected chi connectivity index (χ1v) is 6.95. The lowest BCUT2D eigenvalue weighted by Gasteiger charge is -2.26. The Labute approximate surface area is 109 Å². The number of aryl methyl sites for hydroxylation is 1. The average molecular weight is 243 g/mol. The lowest BCUT2D eigenvalue weighted by atomic mass is 9.83. The number of hydrogen-bond acceptors (Lipinski definition) is 3. The van der Waals surface area contributed by atoms with E-state index in [1.165, 1.54) is 30.4 Å². The summed E-state index contributed by atoms with van der Waals surface area (Å²) >= 11 is 0. The van der Waals surface area contributed by atoms with Crippen molar-refractivity contribution in [3.63, 3.8) is 0 Å². The van der Waals surface area contributed by atoms with E-state index >= 15 is 0 Å². The van der Waals surface area contributed by atoms with E-state index in [2.05, 4.69) is 46.8 Å². The van der Waals surface area contributed by atoms with Crippen LogP contribution in [0.25, 0.3) is 0 Å². The van der Waals surface area contributed by atoms with Crippen LogP contribution in [0.2, 0.25) is 0 Å². The van der Waals surface area contributed by atoms with Crippen LogP contribution in [0.15, 0.2) is 29.3 Å². The Morgan fingerprint density at radius 2 is 2.28 bits per heavy atom. The van der Waals surface area contributed by atoms with Crippen LogP contribution < -0.4 is 10.6 Å². The standard InChI is InChI=1S/C15H21N3/c1-11-9-16-15(18-11)17-10-13-7-4-6-12-5-2-3-8-14(12)13/h2-3,5,8,11,13H,4,6-7,9-10H2,1H3,(H2,16,17,18). The Bertz CT molecular complexity index is 453. The van der Waals surface area contributed by atoms with E-state index in [0.717, 1.165) is 19.0 Å². The van der Waals surface area contributed by atoms with Crippen LogP contribution in [-0.4, -0.2) is 25.1 Å². The zero-order chi connectivity index (χ0) is 12.4. The molecule has 0 radical (unpaired) electrons. The van der Waals surface area contributed by atoms with Gasteiger partial charge in [0.1, 0.15) is 0 Å². The van der Waals surface area contributed by atoms with Gasteiger partial charge in [0.25, 0.3) is 0 Å². The van der Waals surface area contributed by atoms with Gasteiger partial charge >= 0.3 is 0 Å². The van der Waals surface area contributed by atoms with Crippen molar-refractivity contribution in [2.24, 2.45) is 4.99 Å². The van der Waals surface area contributed by atoms with Gasteiger partial charge in [-0.1, -0.05) is 24.3 Å². The minimum Gasteiger partial charge on any atom is -0.356 e. The smallest absolute Gasteiger partial charge is 0.191 e. The summed E-state index contributed by atoms with van der Waals surface area (Å²) in [6.07, 6.45) is 3.83. The number of nitrogens with one attached hydrogen (secondary N) is 2. The summed E-state index contributed by atoms with van der Waals surface area (Å²) in [5, 5.41) is 6.82. The second-order valence-corrected chi connectivity index (χ2v) is 5.40. The predicted molar refractivity (Wildman–Crippen MR) is 75.0 cm³/mol. The van der Waals surface area contributed by atoms with Gasteiger partial charge in [-0.15, -0.1) is 0 Å². The Hall–Kier alpha value is -1.51. The zero-order valence-electron chi connectivity index (χ0n) is 10.9. The summed E-state index contributed by atoms with van der Waals surface area (Å²) < 4.78 is 0. The maximum Gasteiger partial charge on any atom is 0.191 e. The first-order valence-electron chi connectivity index (χ1n) is 6.95. The number of fused-ring (bicyclic) bond motifs is 1. The summed E-state index contributed by atoms with van der Waals surface area (Å²) in [4.78, 5) is 4.45. The highest BCUT2D eigenvalue weighted by Gasteiger charge is 2.20.